The summed E-state index contributed by atoms with van der Waals surface area (Å²) in [5, 5.41) is 4.88. The Morgan fingerprint density at radius 3 is 2.60 bits per heavy atom. The fourth-order valence-corrected chi connectivity index (χ4v) is 0.995. The van der Waals surface area contributed by atoms with Crippen molar-refractivity contribution < 1.29 is 9.59 Å². The Labute approximate surface area is 87.9 Å². The third kappa shape index (κ3) is 3.76. The van der Waals surface area contributed by atoms with Gasteiger partial charge in [0.15, 0.2) is 0 Å². The molecular weight excluding hydrogens is 194 g/mol. The van der Waals surface area contributed by atoms with Gasteiger partial charge in [0.05, 0.1) is 12.2 Å². The lowest BCUT2D eigenvalue weighted by atomic mass is 10.3. The molecule has 5 nitrogen and oxygen atoms in total. The van der Waals surface area contributed by atoms with Gasteiger partial charge in [-0.15, -0.1) is 0 Å². The molecule has 0 saturated heterocycles. The zero-order valence-corrected chi connectivity index (χ0v) is 8.49. The molecule has 15 heavy (non-hydrogen) atoms. The normalized spacial score (nSPS) is 9.40. The third-order valence-electron chi connectivity index (χ3n) is 1.70. The van der Waals surface area contributed by atoms with Crippen LogP contribution in [0.1, 0.15) is 12.6 Å². The molecule has 1 heterocycles. The summed E-state index contributed by atoms with van der Waals surface area (Å²) >= 11 is 0. The van der Waals surface area contributed by atoms with E-state index < -0.39 is 11.8 Å². The van der Waals surface area contributed by atoms with Gasteiger partial charge in [-0.25, -0.2) is 0 Å². The molecule has 0 aliphatic rings. The molecule has 0 aliphatic heterocycles. The van der Waals surface area contributed by atoms with Gasteiger partial charge in [-0.2, -0.15) is 0 Å². The Balaban J connectivity index is 2.38. The fourth-order valence-electron chi connectivity index (χ4n) is 0.995. The summed E-state index contributed by atoms with van der Waals surface area (Å²) in [6, 6.07) is 5.38. The molecule has 1 aromatic heterocycles. The van der Waals surface area contributed by atoms with Gasteiger partial charge in [0, 0.05) is 12.7 Å². The molecule has 0 fully saturated rings. The number of nitrogens with zero attached hydrogens (tertiary/aromatic N) is 1. The van der Waals surface area contributed by atoms with E-state index in [9.17, 15) is 9.59 Å². The minimum atomic E-state index is -0.637. The van der Waals surface area contributed by atoms with Crippen LogP contribution in [0.2, 0.25) is 0 Å². The van der Waals surface area contributed by atoms with Crippen LogP contribution in [0.5, 0.6) is 0 Å². The highest BCUT2D eigenvalue weighted by Crippen LogP contribution is 1.91. The van der Waals surface area contributed by atoms with Crippen LogP contribution in [0.15, 0.2) is 24.4 Å². The number of rotatable bonds is 3. The van der Waals surface area contributed by atoms with E-state index in [4.69, 9.17) is 0 Å². The predicted molar refractivity (Wildman–Crippen MR) is 54.8 cm³/mol. The summed E-state index contributed by atoms with van der Waals surface area (Å²) in [6.07, 6.45) is 1.63. The fraction of sp³-hybridized carbons (Fsp3) is 0.300. The summed E-state index contributed by atoms with van der Waals surface area (Å²) < 4.78 is 0. The van der Waals surface area contributed by atoms with E-state index in [1.807, 2.05) is 6.07 Å². The number of aromatic nitrogens is 1. The summed E-state index contributed by atoms with van der Waals surface area (Å²) in [6.45, 7) is 2.45. The first-order valence-corrected chi connectivity index (χ1v) is 4.70. The van der Waals surface area contributed by atoms with Crippen LogP contribution in [0.4, 0.5) is 0 Å². The quantitative estimate of drug-likeness (QED) is 0.676. The number of carbonyl (C=O) groups excluding carboxylic acids is 2. The van der Waals surface area contributed by atoms with Crippen LogP contribution in [-0.2, 0) is 16.1 Å². The Kier molecular flexibility index (Phi) is 4.28. The van der Waals surface area contributed by atoms with Gasteiger partial charge in [0.1, 0.15) is 0 Å². The first kappa shape index (κ1) is 11.2. The van der Waals surface area contributed by atoms with Crippen molar-refractivity contribution in [2.45, 2.75) is 13.5 Å². The molecule has 0 radical (unpaired) electrons. The molecule has 0 saturated carbocycles. The van der Waals surface area contributed by atoms with E-state index in [1.165, 1.54) is 0 Å². The average molecular weight is 207 g/mol. The number of pyridine rings is 1. The van der Waals surface area contributed by atoms with Crippen molar-refractivity contribution in [1.29, 1.82) is 0 Å². The van der Waals surface area contributed by atoms with Gasteiger partial charge in [-0.1, -0.05) is 6.07 Å². The number of hydrogen-bond donors (Lipinski definition) is 2. The molecule has 5 heteroatoms. The summed E-state index contributed by atoms with van der Waals surface area (Å²) in [4.78, 5) is 26.2. The van der Waals surface area contributed by atoms with Crippen molar-refractivity contribution in [1.82, 2.24) is 15.6 Å². The van der Waals surface area contributed by atoms with Gasteiger partial charge in [0.25, 0.3) is 0 Å². The first-order valence-electron chi connectivity index (χ1n) is 4.70. The van der Waals surface area contributed by atoms with Crippen molar-refractivity contribution in [3.8, 4) is 0 Å². The number of carbonyl (C=O) groups is 2. The highest BCUT2D eigenvalue weighted by Gasteiger charge is 2.10. The van der Waals surface area contributed by atoms with Gasteiger partial charge < -0.3 is 10.6 Å². The molecule has 0 aromatic carbocycles. The highest BCUT2D eigenvalue weighted by atomic mass is 16.2. The minimum Gasteiger partial charge on any atom is -0.348 e. The largest absolute Gasteiger partial charge is 0.348 e. The number of nitrogens with one attached hydrogen (secondary N) is 2. The summed E-state index contributed by atoms with van der Waals surface area (Å²) in [5.41, 5.74) is 0.718. The second-order valence-electron chi connectivity index (χ2n) is 2.86. The van der Waals surface area contributed by atoms with Crippen molar-refractivity contribution >= 4 is 11.8 Å². The maximum atomic E-state index is 11.2. The Morgan fingerprint density at radius 2 is 2.00 bits per heavy atom. The number of hydrogen-bond acceptors (Lipinski definition) is 3. The van der Waals surface area contributed by atoms with Crippen molar-refractivity contribution in [3.05, 3.63) is 30.1 Å². The predicted octanol–water partition coefficient (Wildman–Crippen LogP) is -0.166. The molecule has 0 atom stereocenters. The van der Waals surface area contributed by atoms with Crippen molar-refractivity contribution in [3.63, 3.8) is 0 Å². The van der Waals surface area contributed by atoms with Gasteiger partial charge in [0.2, 0.25) is 0 Å². The molecule has 0 bridgehead atoms. The topological polar surface area (TPSA) is 71.1 Å². The maximum Gasteiger partial charge on any atom is 0.309 e. The molecule has 0 aliphatic carbocycles. The van der Waals surface area contributed by atoms with Crippen LogP contribution in [0, 0.1) is 0 Å². The molecule has 0 unspecified atom stereocenters. The van der Waals surface area contributed by atoms with Crippen LogP contribution in [-0.4, -0.2) is 23.3 Å². The van der Waals surface area contributed by atoms with E-state index in [2.05, 4.69) is 15.6 Å². The van der Waals surface area contributed by atoms with Crippen LogP contribution < -0.4 is 10.6 Å². The zero-order chi connectivity index (χ0) is 11.1. The summed E-state index contributed by atoms with van der Waals surface area (Å²) in [7, 11) is 0. The zero-order valence-electron chi connectivity index (χ0n) is 8.49. The number of amides is 2. The maximum absolute atomic E-state index is 11.2. The lowest BCUT2D eigenvalue weighted by Gasteiger charge is -2.03. The Bertz CT molecular complexity index is 338. The molecule has 0 spiro atoms. The van der Waals surface area contributed by atoms with E-state index in [0.29, 0.717) is 6.54 Å². The highest BCUT2D eigenvalue weighted by molar-refractivity contribution is 6.35. The van der Waals surface area contributed by atoms with Crippen LogP contribution >= 0.6 is 0 Å². The van der Waals surface area contributed by atoms with E-state index in [-0.39, 0.29) is 6.54 Å². The lowest BCUT2D eigenvalue weighted by Crippen LogP contribution is -2.39. The second kappa shape index (κ2) is 5.74. The molecule has 1 aromatic rings. The average Bonchev–Trinajstić information content (AvgIpc) is 2.27. The number of likely N-dealkylation sites (N-methyl/N-ethyl adjacent to an activating group) is 1. The summed E-state index contributed by atoms with van der Waals surface area (Å²) in [5.74, 6) is -1.25. The molecule has 80 valence electrons. The van der Waals surface area contributed by atoms with E-state index in [1.54, 1.807) is 25.3 Å². The first-order chi connectivity index (χ1) is 7.24. The Hall–Kier alpha value is -1.91. The molecular formula is C10H13N3O2. The van der Waals surface area contributed by atoms with Crippen LogP contribution in [0.3, 0.4) is 0 Å². The molecule has 2 N–H and O–H groups in total. The molecule has 1 rings (SSSR count). The Morgan fingerprint density at radius 1 is 1.27 bits per heavy atom. The van der Waals surface area contributed by atoms with Gasteiger partial charge in [-0.3, -0.25) is 14.6 Å². The minimum absolute atomic E-state index is 0.261. The van der Waals surface area contributed by atoms with E-state index >= 15 is 0 Å². The second-order valence-corrected chi connectivity index (χ2v) is 2.86. The van der Waals surface area contributed by atoms with Crippen molar-refractivity contribution in [2.24, 2.45) is 0 Å². The van der Waals surface area contributed by atoms with Gasteiger partial charge in [-0.05, 0) is 19.1 Å². The molecule has 2 amide bonds. The third-order valence-corrected chi connectivity index (χ3v) is 1.70. The van der Waals surface area contributed by atoms with Crippen LogP contribution in [0.25, 0.3) is 0 Å². The SMILES string of the molecule is CCNC(=O)C(=O)NCc1ccccn1. The van der Waals surface area contributed by atoms with Crippen molar-refractivity contribution in [2.75, 3.05) is 6.54 Å². The van der Waals surface area contributed by atoms with Gasteiger partial charge >= 0.3 is 11.8 Å². The monoisotopic (exact) mass is 207 g/mol. The standard InChI is InChI=1S/C10H13N3O2/c1-2-11-9(14)10(15)13-7-8-5-3-4-6-12-8/h3-6H,2,7H2,1H3,(H,11,14)(H,13,15). The lowest BCUT2D eigenvalue weighted by molar-refractivity contribution is -0.139. The van der Waals surface area contributed by atoms with E-state index in [0.717, 1.165) is 5.69 Å². The smallest absolute Gasteiger partial charge is 0.309 e.